The van der Waals surface area contributed by atoms with E-state index in [1.807, 2.05) is 68.6 Å². The number of nitrogens with zero attached hydrogens (tertiary/aromatic N) is 2. The molecule has 0 aromatic heterocycles. The fourth-order valence-electron chi connectivity index (χ4n) is 2.76. The zero-order chi connectivity index (χ0) is 14.8. The van der Waals surface area contributed by atoms with Crippen LogP contribution in [0, 0.1) is 5.92 Å². The first kappa shape index (κ1) is 13.6. The molecule has 2 aromatic carbocycles. The van der Waals surface area contributed by atoms with E-state index in [-0.39, 0.29) is 11.8 Å². The summed E-state index contributed by atoms with van der Waals surface area (Å²) in [4.78, 5) is 19.3. The van der Waals surface area contributed by atoms with Crippen molar-refractivity contribution < 1.29 is 4.79 Å². The van der Waals surface area contributed by atoms with Crippen molar-refractivity contribution in [3.05, 3.63) is 60.2 Å². The zero-order valence-corrected chi connectivity index (χ0v) is 12.3. The molecule has 21 heavy (non-hydrogen) atoms. The third-order valence-electron chi connectivity index (χ3n) is 3.92. The smallest absolute Gasteiger partial charge is 0.235 e. The lowest BCUT2D eigenvalue weighted by Gasteiger charge is -2.21. The van der Waals surface area contributed by atoms with Crippen molar-refractivity contribution in [1.82, 2.24) is 0 Å². The van der Waals surface area contributed by atoms with Crippen LogP contribution in [0.25, 0.3) is 0 Å². The van der Waals surface area contributed by atoms with Gasteiger partial charge in [0.05, 0.1) is 23.0 Å². The minimum absolute atomic E-state index is 0.102. The molecule has 1 amide bonds. The van der Waals surface area contributed by atoms with Gasteiger partial charge in [0.1, 0.15) is 0 Å². The summed E-state index contributed by atoms with van der Waals surface area (Å²) < 4.78 is 0. The number of hydrogen-bond acceptors (Lipinski definition) is 2. The highest BCUT2D eigenvalue weighted by Crippen LogP contribution is 2.34. The first-order valence-electron chi connectivity index (χ1n) is 7.23. The first-order chi connectivity index (χ1) is 10.2. The van der Waals surface area contributed by atoms with E-state index in [2.05, 4.69) is 0 Å². The summed E-state index contributed by atoms with van der Waals surface area (Å²) in [5, 5.41) is 0. The molecule has 1 atom stereocenters. The highest BCUT2D eigenvalue weighted by Gasteiger charge is 2.31. The summed E-state index contributed by atoms with van der Waals surface area (Å²) in [5.41, 5.74) is 3.60. The van der Waals surface area contributed by atoms with Gasteiger partial charge in [-0.2, -0.15) is 0 Å². The molecule has 0 aliphatic carbocycles. The maximum atomic E-state index is 12.8. The van der Waals surface area contributed by atoms with Gasteiger partial charge in [-0.3, -0.25) is 4.79 Å². The van der Waals surface area contributed by atoms with Crippen LogP contribution in [-0.2, 0) is 4.79 Å². The van der Waals surface area contributed by atoms with E-state index in [4.69, 9.17) is 4.99 Å². The van der Waals surface area contributed by atoms with Gasteiger partial charge in [-0.1, -0.05) is 49.4 Å². The number of carbonyl (C=O) groups excluding carboxylic acids is 1. The second-order valence-corrected chi connectivity index (χ2v) is 5.21. The Kier molecular flexibility index (Phi) is 3.57. The minimum atomic E-state index is -0.204. The normalized spacial score (nSPS) is 18.0. The number of benzene rings is 2. The Hall–Kier alpha value is -2.42. The predicted octanol–water partition coefficient (Wildman–Crippen LogP) is 3.81. The highest BCUT2D eigenvalue weighted by molar-refractivity contribution is 6.19. The molecule has 0 N–H and O–H groups in total. The summed E-state index contributed by atoms with van der Waals surface area (Å²) in [7, 11) is 1.83. The number of aliphatic imine (C=N–C) groups is 1. The monoisotopic (exact) mass is 278 g/mol. The second-order valence-electron chi connectivity index (χ2n) is 5.21. The summed E-state index contributed by atoms with van der Waals surface area (Å²) in [6.07, 6.45) is 0.741. The van der Waals surface area contributed by atoms with Gasteiger partial charge < -0.3 is 4.90 Å². The highest BCUT2D eigenvalue weighted by atomic mass is 16.2. The van der Waals surface area contributed by atoms with Gasteiger partial charge in [0.2, 0.25) is 5.91 Å². The lowest BCUT2D eigenvalue weighted by Crippen LogP contribution is -2.35. The van der Waals surface area contributed by atoms with Crippen LogP contribution in [-0.4, -0.2) is 18.7 Å². The number of hydrogen-bond donors (Lipinski definition) is 0. The van der Waals surface area contributed by atoms with Crippen molar-refractivity contribution in [1.29, 1.82) is 0 Å². The van der Waals surface area contributed by atoms with Gasteiger partial charge >= 0.3 is 0 Å². The molecule has 0 saturated heterocycles. The number of para-hydroxylation sites is 2. The molecule has 0 spiro atoms. The Balaban J connectivity index is 2.21. The average molecular weight is 278 g/mol. The third-order valence-corrected chi connectivity index (χ3v) is 3.92. The van der Waals surface area contributed by atoms with Crippen LogP contribution in [0.4, 0.5) is 11.4 Å². The molecule has 1 unspecified atom stereocenters. The quantitative estimate of drug-likeness (QED) is 0.822. The van der Waals surface area contributed by atoms with E-state index in [1.54, 1.807) is 4.90 Å². The predicted molar refractivity (Wildman–Crippen MR) is 86.3 cm³/mol. The molecule has 1 aliphatic rings. The van der Waals surface area contributed by atoms with Gasteiger partial charge in [-0.15, -0.1) is 0 Å². The Morgan fingerprint density at radius 1 is 1.05 bits per heavy atom. The molecular formula is C18H18N2O. The van der Waals surface area contributed by atoms with Crippen molar-refractivity contribution in [2.75, 3.05) is 11.9 Å². The number of fused-ring (bicyclic) bond motifs is 1. The molecule has 3 nitrogen and oxygen atoms in total. The molecule has 0 bridgehead atoms. The molecule has 3 rings (SSSR count). The van der Waals surface area contributed by atoms with Crippen molar-refractivity contribution in [2.45, 2.75) is 13.3 Å². The topological polar surface area (TPSA) is 32.7 Å². The van der Waals surface area contributed by atoms with Crippen molar-refractivity contribution in [3.63, 3.8) is 0 Å². The lowest BCUT2D eigenvalue weighted by molar-refractivity contribution is -0.120. The standard InChI is InChI=1S/C18H18N2O/c1-3-14-17(13-9-5-4-6-10-13)19-15-11-7-8-12-16(15)20(2)18(14)21/h4-12,14H,3H2,1-2H3. The van der Waals surface area contributed by atoms with E-state index >= 15 is 0 Å². The van der Waals surface area contributed by atoms with Crippen LogP contribution in [0.1, 0.15) is 18.9 Å². The summed E-state index contributed by atoms with van der Waals surface area (Å²) >= 11 is 0. The van der Waals surface area contributed by atoms with Crippen LogP contribution in [0.2, 0.25) is 0 Å². The molecule has 0 radical (unpaired) electrons. The van der Waals surface area contributed by atoms with Crippen molar-refractivity contribution in [3.8, 4) is 0 Å². The minimum Gasteiger partial charge on any atom is -0.313 e. The molecule has 1 aliphatic heterocycles. The molecular weight excluding hydrogens is 260 g/mol. The summed E-state index contributed by atoms with van der Waals surface area (Å²) in [5.74, 6) is -0.102. The fraction of sp³-hybridized carbons (Fsp3) is 0.222. The van der Waals surface area contributed by atoms with E-state index in [0.29, 0.717) is 0 Å². The van der Waals surface area contributed by atoms with Gasteiger partial charge in [-0.05, 0) is 24.1 Å². The zero-order valence-electron chi connectivity index (χ0n) is 12.3. The van der Waals surface area contributed by atoms with Crippen LogP contribution in [0.3, 0.4) is 0 Å². The van der Waals surface area contributed by atoms with Gasteiger partial charge in [0, 0.05) is 7.05 Å². The molecule has 3 heteroatoms. The van der Waals surface area contributed by atoms with Gasteiger partial charge in [-0.25, -0.2) is 4.99 Å². The maximum Gasteiger partial charge on any atom is 0.235 e. The first-order valence-corrected chi connectivity index (χ1v) is 7.23. The SMILES string of the molecule is CCC1C(=O)N(C)c2ccccc2N=C1c1ccccc1. The van der Waals surface area contributed by atoms with Crippen LogP contribution < -0.4 is 4.90 Å². The molecule has 2 aromatic rings. The molecule has 1 heterocycles. The average Bonchev–Trinajstić information content (AvgIpc) is 2.64. The lowest BCUT2D eigenvalue weighted by atomic mass is 9.93. The number of amides is 1. The number of carbonyl (C=O) groups is 1. The molecule has 106 valence electrons. The maximum absolute atomic E-state index is 12.8. The Bertz CT molecular complexity index is 691. The van der Waals surface area contributed by atoms with Crippen LogP contribution in [0.15, 0.2) is 59.6 Å². The van der Waals surface area contributed by atoms with E-state index in [0.717, 1.165) is 29.1 Å². The molecule has 0 fully saturated rings. The number of rotatable bonds is 2. The Labute approximate surface area is 124 Å². The third kappa shape index (κ3) is 2.35. The summed E-state index contributed by atoms with van der Waals surface area (Å²) in [6.45, 7) is 2.03. The van der Waals surface area contributed by atoms with Crippen LogP contribution in [0.5, 0.6) is 0 Å². The van der Waals surface area contributed by atoms with Crippen LogP contribution >= 0.6 is 0 Å². The summed E-state index contributed by atoms with van der Waals surface area (Å²) in [6, 6.07) is 17.8. The van der Waals surface area contributed by atoms with Gasteiger partial charge in [0.25, 0.3) is 0 Å². The van der Waals surface area contributed by atoms with E-state index in [9.17, 15) is 4.79 Å². The van der Waals surface area contributed by atoms with Gasteiger partial charge in [0.15, 0.2) is 0 Å². The van der Waals surface area contributed by atoms with E-state index in [1.165, 1.54) is 0 Å². The van der Waals surface area contributed by atoms with Crippen molar-refractivity contribution in [2.24, 2.45) is 10.9 Å². The van der Waals surface area contributed by atoms with E-state index < -0.39 is 0 Å². The molecule has 0 saturated carbocycles. The second kappa shape index (κ2) is 5.52. The Morgan fingerprint density at radius 2 is 1.71 bits per heavy atom. The van der Waals surface area contributed by atoms with Crippen molar-refractivity contribution >= 4 is 23.0 Å². The number of anilines is 1. The largest absolute Gasteiger partial charge is 0.313 e. The Morgan fingerprint density at radius 3 is 2.43 bits per heavy atom. The fourth-order valence-corrected chi connectivity index (χ4v) is 2.76.